The number of methoxy groups -OCH3 is 1. The second-order valence-electron chi connectivity index (χ2n) is 6.63. The second kappa shape index (κ2) is 8.93. The molecule has 0 aliphatic carbocycles. The van der Waals surface area contributed by atoms with Gasteiger partial charge in [-0.15, -0.1) is 10.2 Å². The molecule has 1 heterocycles. The predicted molar refractivity (Wildman–Crippen MR) is 111 cm³/mol. The fourth-order valence-electron chi connectivity index (χ4n) is 2.76. The fourth-order valence-corrected chi connectivity index (χ4v) is 3.33. The molecule has 0 unspecified atom stereocenters. The Kier molecular flexibility index (Phi) is 6.36. The van der Waals surface area contributed by atoms with Crippen molar-refractivity contribution in [2.24, 2.45) is 0 Å². The lowest BCUT2D eigenvalue weighted by molar-refractivity contribution is -0.113. The number of ether oxygens (including phenoxy) is 1. The zero-order valence-corrected chi connectivity index (χ0v) is 17.2. The van der Waals surface area contributed by atoms with Crippen LogP contribution >= 0.6 is 11.8 Å². The van der Waals surface area contributed by atoms with E-state index < -0.39 is 0 Å². The van der Waals surface area contributed by atoms with Gasteiger partial charge in [-0.05, 0) is 48.2 Å². The quantitative estimate of drug-likeness (QED) is 0.571. The smallest absolute Gasteiger partial charge is 0.277 e. The van der Waals surface area contributed by atoms with Crippen molar-refractivity contribution >= 4 is 23.4 Å². The molecule has 7 heteroatoms. The third-order valence-electron chi connectivity index (χ3n) is 4.26. The van der Waals surface area contributed by atoms with Gasteiger partial charge in [-0.2, -0.15) is 0 Å². The molecule has 6 nitrogen and oxygen atoms in total. The number of nitrogens with zero attached hydrogens (tertiary/aromatic N) is 2. The largest absolute Gasteiger partial charge is 0.497 e. The maximum absolute atomic E-state index is 12.4. The molecule has 1 amide bonds. The molecular formula is C21H23N3O3S. The number of thioether (sulfide) groups is 1. The third kappa shape index (κ3) is 4.72. The number of aryl methyl sites for hydroxylation is 1. The molecule has 3 aromatic rings. The number of carbonyl (C=O) groups excluding carboxylic acids is 1. The van der Waals surface area contributed by atoms with Crippen LogP contribution in [0.4, 0.5) is 5.69 Å². The lowest BCUT2D eigenvalue weighted by Crippen LogP contribution is -2.16. The number of nitrogens with one attached hydrogen (secondary N) is 1. The number of hydrogen-bond acceptors (Lipinski definition) is 6. The Labute approximate surface area is 168 Å². The van der Waals surface area contributed by atoms with Crippen LogP contribution in [0, 0.1) is 6.92 Å². The molecule has 28 heavy (non-hydrogen) atoms. The number of carbonyl (C=O) groups is 1. The van der Waals surface area contributed by atoms with E-state index in [2.05, 4.69) is 29.4 Å². The number of amides is 1. The van der Waals surface area contributed by atoms with Crippen molar-refractivity contribution in [3.63, 3.8) is 0 Å². The maximum Gasteiger partial charge on any atom is 0.277 e. The van der Waals surface area contributed by atoms with Gasteiger partial charge in [-0.3, -0.25) is 4.79 Å². The first-order chi connectivity index (χ1) is 13.5. The average Bonchev–Trinajstić information content (AvgIpc) is 3.17. The van der Waals surface area contributed by atoms with E-state index in [0.717, 1.165) is 28.1 Å². The molecular weight excluding hydrogens is 374 g/mol. The summed E-state index contributed by atoms with van der Waals surface area (Å²) in [5.41, 5.74) is 3.85. The molecule has 2 aromatic carbocycles. The van der Waals surface area contributed by atoms with Crippen molar-refractivity contribution in [1.82, 2.24) is 10.2 Å². The van der Waals surface area contributed by atoms with Crippen molar-refractivity contribution < 1.29 is 13.9 Å². The standard InChI is InChI=1S/C21H23N3O3S/c1-13(2)17-7-5-6-14(3)19(17)22-18(25)12-28-21-24-23-20(27-21)15-8-10-16(26-4)11-9-15/h5-11,13H,12H2,1-4H3,(H,22,25). The molecule has 0 aliphatic heterocycles. The summed E-state index contributed by atoms with van der Waals surface area (Å²) in [5, 5.41) is 11.4. The Balaban J connectivity index is 1.62. The first-order valence-electron chi connectivity index (χ1n) is 8.98. The third-order valence-corrected chi connectivity index (χ3v) is 5.08. The molecule has 1 aromatic heterocycles. The second-order valence-corrected chi connectivity index (χ2v) is 7.56. The summed E-state index contributed by atoms with van der Waals surface area (Å²) < 4.78 is 10.8. The molecule has 0 aliphatic rings. The van der Waals surface area contributed by atoms with E-state index in [1.54, 1.807) is 7.11 Å². The zero-order valence-electron chi connectivity index (χ0n) is 16.4. The highest BCUT2D eigenvalue weighted by molar-refractivity contribution is 7.99. The van der Waals surface area contributed by atoms with Crippen LogP contribution in [-0.4, -0.2) is 29.0 Å². The van der Waals surface area contributed by atoms with E-state index in [9.17, 15) is 4.79 Å². The minimum atomic E-state index is -0.106. The Morgan fingerprint density at radius 3 is 2.61 bits per heavy atom. The molecule has 0 bridgehead atoms. The van der Waals surface area contributed by atoms with Gasteiger partial charge in [0.05, 0.1) is 12.9 Å². The summed E-state index contributed by atoms with van der Waals surface area (Å²) >= 11 is 1.21. The van der Waals surface area contributed by atoms with Gasteiger partial charge in [0.25, 0.3) is 5.22 Å². The SMILES string of the molecule is COc1ccc(-c2nnc(SCC(=O)Nc3c(C)cccc3C(C)C)o2)cc1. The van der Waals surface area contributed by atoms with Crippen molar-refractivity contribution in [2.75, 3.05) is 18.2 Å². The molecule has 0 radical (unpaired) electrons. The first kappa shape index (κ1) is 19.9. The number of benzene rings is 2. The van der Waals surface area contributed by atoms with E-state index in [4.69, 9.17) is 9.15 Å². The van der Waals surface area contributed by atoms with Crippen LogP contribution in [-0.2, 0) is 4.79 Å². The molecule has 3 rings (SSSR count). The summed E-state index contributed by atoms with van der Waals surface area (Å²) in [4.78, 5) is 12.4. The predicted octanol–water partition coefficient (Wildman–Crippen LogP) is 4.91. The van der Waals surface area contributed by atoms with Crippen LogP contribution in [0.3, 0.4) is 0 Å². The minimum absolute atomic E-state index is 0.106. The lowest BCUT2D eigenvalue weighted by atomic mass is 9.98. The average molecular weight is 398 g/mol. The van der Waals surface area contributed by atoms with Crippen LogP contribution in [0.15, 0.2) is 52.1 Å². The number of rotatable bonds is 7. The molecule has 0 saturated heterocycles. The van der Waals surface area contributed by atoms with E-state index in [-0.39, 0.29) is 11.7 Å². The van der Waals surface area contributed by atoms with Gasteiger partial charge < -0.3 is 14.5 Å². The number of para-hydroxylation sites is 1. The normalized spacial score (nSPS) is 10.9. The van der Waals surface area contributed by atoms with Crippen molar-refractivity contribution in [1.29, 1.82) is 0 Å². The molecule has 146 valence electrons. The molecule has 0 spiro atoms. The molecule has 0 atom stereocenters. The topological polar surface area (TPSA) is 77.2 Å². The number of hydrogen-bond donors (Lipinski definition) is 1. The van der Waals surface area contributed by atoms with E-state index in [1.807, 2.05) is 49.4 Å². The molecule has 0 saturated carbocycles. The van der Waals surface area contributed by atoms with Gasteiger partial charge in [-0.25, -0.2) is 0 Å². The minimum Gasteiger partial charge on any atom is -0.497 e. The van der Waals surface area contributed by atoms with Gasteiger partial charge >= 0.3 is 0 Å². The zero-order chi connectivity index (χ0) is 20.1. The highest BCUT2D eigenvalue weighted by Gasteiger charge is 2.14. The molecule has 0 fully saturated rings. The Hall–Kier alpha value is -2.80. The first-order valence-corrected chi connectivity index (χ1v) is 9.96. The van der Waals surface area contributed by atoms with Crippen molar-refractivity contribution in [2.45, 2.75) is 31.9 Å². The fraction of sp³-hybridized carbons (Fsp3) is 0.286. The number of aromatic nitrogens is 2. The van der Waals surface area contributed by atoms with Gasteiger partial charge in [0.1, 0.15) is 5.75 Å². The Bertz CT molecular complexity index is 952. The van der Waals surface area contributed by atoms with Gasteiger partial charge in [0.2, 0.25) is 11.8 Å². The maximum atomic E-state index is 12.4. The summed E-state index contributed by atoms with van der Waals surface area (Å²) in [6.07, 6.45) is 0. The van der Waals surface area contributed by atoms with Crippen LogP contribution in [0.2, 0.25) is 0 Å². The van der Waals surface area contributed by atoms with E-state index >= 15 is 0 Å². The summed E-state index contributed by atoms with van der Waals surface area (Å²) in [5.74, 6) is 1.57. The van der Waals surface area contributed by atoms with Crippen molar-refractivity contribution in [3.05, 3.63) is 53.6 Å². The van der Waals surface area contributed by atoms with Gasteiger partial charge in [0, 0.05) is 11.3 Å². The lowest BCUT2D eigenvalue weighted by Gasteiger charge is -2.16. The number of anilines is 1. The highest BCUT2D eigenvalue weighted by atomic mass is 32.2. The van der Waals surface area contributed by atoms with Crippen LogP contribution < -0.4 is 10.1 Å². The molecule has 1 N–H and O–H groups in total. The highest BCUT2D eigenvalue weighted by Crippen LogP contribution is 2.28. The van der Waals surface area contributed by atoms with Gasteiger partial charge in [-0.1, -0.05) is 43.8 Å². The van der Waals surface area contributed by atoms with Crippen LogP contribution in [0.25, 0.3) is 11.5 Å². The monoisotopic (exact) mass is 397 g/mol. The van der Waals surface area contributed by atoms with Gasteiger partial charge in [0.15, 0.2) is 0 Å². The van der Waals surface area contributed by atoms with Crippen molar-refractivity contribution in [3.8, 4) is 17.2 Å². The van der Waals surface area contributed by atoms with E-state index in [1.165, 1.54) is 11.8 Å². The summed E-state index contributed by atoms with van der Waals surface area (Å²) in [7, 11) is 1.61. The van der Waals surface area contributed by atoms with E-state index in [0.29, 0.717) is 17.0 Å². The summed E-state index contributed by atoms with van der Waals surface area (Å²) in [6, 6.07) is 13.4. The van der Waals surface area contributed by atoms with Crippen LogP contribution in [0.1, 0.15) is 30.9 Å². The Morgan fingerprint density at radius 2 is 1.93 bits per heavy atom. The van der Waals surface area contributed by atoms with Crippen LogP contribution in [0.5, 0.6) is 5.75 Å². The summed E-state index contributed by atoms with van der Waals surface area (Å²) in [6.45, 7) is 6.21. The Morgan fingerprint density at radius 1 is 1.18 bits per heavy atom.